The summed E-state index contributed by atoms with van der Waals surface area (Å²) in [7, 11) is 0. The van der Waals surface area contributed by atoms with Crippen molar-refractivity contribution in [2.24, 2.45) is 0 Å². The van der Waals surface area contributed by atoms with Crippen molar-refractivity contribution in [2.45, 2.75) is 6.54 Å². The van der Waals surface area contributed by atoms with Gasteiger partial charge in [-0.1, -0.05) is 17.7 Å². The summed E-state index contributed by atoms with van der Waals surface area (Å²) in [5, 5.41) is 0.875. The number of hydrogen-bond acceptors (Lipinski definition) is 4. The van der Waals surface area contributed by atoms with E-state index in [0.717, 1.165) is 64.0 Å². The number of ether oxygens (including phenoxy) is 1. The SMILES string of the molecule is Clc1cccc(N2CCOCC2)c1CN1CCN(Br)CC1. The summed E-state index contributed by atoms with van der Waals surface area (Å²) in [5.41, 5.74) is 2.52. The Morgan fingerprint density at radius 2 is 1.76 bits per heavy atom. The summed E-state index contributed by atoms with van der Waals surface area (Å²) in [6.45, 7) is 8.66. The van der Waals surface area contributed by atoms with E-state index in [1.807, 2.05) is 12.1 Å². The Balaban J connectivity index is 1.76. The number of halogens is 2. The molecule has 0 unspecified atom stereocenters. The van der Waals surface area contributed by atoms with Crippen LogP contribution in [0, 0.1) is 0 Å². The normalized spacial score (nSPS) is 21.7. The summed E-state index contributed by atoms with van der Waals surface area (Å²) >= 11 is 10.0. The van der Waals surface area contributed by atoms with E-state index >= 15 is 0 Å². The quantitative estimate of drug-likeness (QED) is 0.757. The Morgan fingerprint density at radius 3 is 2.48 bits per heavy atom. The lowest BCUT2D eigenvalue weighted by atomic mass is 10.1. The van der Waals surface area contributed by atoms with Crippen molar-refractivity contribution in [3.63, 3.8) is 0 Å². The highest BCUT2D eigenvalue weighted by molar-refractivity contribution is 9.07. The van der Waals surface area contributed by atoms with Crippen molar-refractivity contribution in [3.05, 3.63) is 28.8 Å². The summed E-state index contributed by atoms with van der Waals surface area (Å²) in [4.78, 5) is 4.87. The number of nitrogens with zero attached hydrogens (tertiary/aromatic N) is 3. The van der Waals surface area contributed by atoms with Crippen LogP contribution in [0.3, 0.4) is 0 Å². The van der Waals surface area contributed by atoms with E-state index < -0.39 is 0 Å². The number of hydrogen-bond donors (Lipinski definition) is 0. The third kappa shape index (κ3) is 3.90. The van der Waals surface area contributed by atoms with Gasteiger partial charge in [-0.05, 0) is 12.1 Å². The summed E-state index contributed by atoms with van der Waals surface area (Å²) in [6, 6.07) is 6.24. The second kappa shape index (κ2) is 7.29. The Kier molecular flexibility index (Phi) is 5.40. The van der Waals surface area contributed by atoms with Crippen LogP contribution in [0.4, 0.5) is 5.69 Å². The summed E-state index contributed by atoms with van der Waals surface area (Å²) < 4.78 is 7.65. The molecule has 2 heterocycles. The largest absolute Gasteiger partial charge is 0.378 e. The van der Waals surface area contributed by atoms with Crippen LogP contribution in [-0.2, 0) is 11.3 Å². The number of anilines is 1. The minimum absolute atomic E-state index is 0.800. The van der Waals surface area contributed by atoms with Crippen molar-refractivity contribution in [3.8, 4) is 0 Å². The molecule has 1 aromatic carbocycles. The maximum absolute atomic E-state index is 6.49. The lowest BCUT2D eigenvalue weighted by Gasteiger charge is -2.34. The maximum Gasteiger partial charge on any atom is 0.0642 e. The lowest BCUT2D eigenvalue weighted by molar-refractivity contribution is 0.122. The molecule has 2 fully saturated rings. The van der Waals surface area contributed by atoms with Crippen molar-refractivity contribution >= 4 is 33.4 Å². The average molecular weight is 375 g/mol. The Hall–Kier alpha value is -0.330. The van der Waals surface area contributed by atoms with E-state index in [9.17, 15) is 0 Å². The van der Waals surface area contributed by atoms with Crippen molar-refractivity contribution < 1.29 is 4.74 Å². The third-order valence-corrected chi connectivity index (χ3v) is 5.21. The van der Waals surface area contributed by atoms with Gasteiger partial charge in [0.05, 0.1) is 13.2 Å². The third-order valence-electron chi connectivity index (χ3n) is 4.15. The van der Waals surface area contributed by atoms with Crippen LogP contribution in [0.5, 0.6) is 0 Å². The fourth-order valence-electron chi connectivity index (χ4n) is 2.91. The maximum atomic E-state index is 6.49. The van der Waals surface area contributed by atoms with Crippen LogP contribution in [0.25, 0.3) is 0 Å². The van der Waals surface area contributed by atoms with Gasteiger partial charge >= 0.3 is 0 Å². The van der Waals surface area contributed by atoms with Crippen molar-refractivity contribution in [1.29, 1.82) is 0 Å². The van der Waals surface area contributed by atoms with E-state index in [0.29, 0.717) is 0 Å². The Morgan fingerprint density at radius 1 is 1.05 bits per heavy atom. The molecule has 2 aliphatic rings. The number of piperazine rings is 1. The van der Waals surface area contributed by atoms with E-state index in [-0.39, 0.29) is 0 Å². The fourth-order valence-corrected chi connectivity index (χ4v) is 3.46. The first-order chi connectivity index (χ1) is 10.2. The topological polar surface area (TPSA) is 19.0 Å². The van der Waals surface area contributed by atoms with Gasteiger partial charge in [-0.2, -0.15) is 0 Å². The predicted octanol–water partition coefficient (Wildman–Crippen LogP) is 2.60. The smallest absolute Gasteiger partial charge is 0.0642 e. The Bertz CT molecular complexity index is 474. The molecule has 2 aliphatic heterocycles. The fraction of sp³-hybridized carbons (Fsp3) is 0.600. The molecule has 4 nitrogen and oxygen atoms in total. The highest BCUT2D eigenvalue weighted by Gasteiger charge is 2.20. The van der Waals surface area contributed by atoms with E-state index in [2.05, 4.69) is 35.9 Å². The minimum Gasteiger partial charge on any atom is -0.378 e. The molecule has 0 aliphatic carbocycles. The summed E-state index contributed by atoms with van der Waals surface area (Å²) in [6.07, 6.45) is 0. The van der Waals surface area contributed by atoms with Crippen LogP contribution < -0.4 is 4.90 Å². The first-order valence-electron chi connectivity index (χ1n) is 7.47. The van der Waals surface area contributed by atoms with Crippen molar-refractivity contribution in [2.75, 3.05) is 57.4 Å². The van der Waals surface area contributed by atoms with Gasteiger partial charge in [-0.25, -0.2) is 3.93 Å². The van der Waals surface area contributed by atoms with Gasteiger partial charge in [0.15, 0.2) is 0 Å². The lowest BCUT2D eigenvalue weighted by Crippen LogP contribution is -2.42. The molecular weight excluding hydrogens is 354 g/mol. The molecular formula is C15H21BrClN3O. The van der Waals surface area contributed by atoms with Gasteiger partial charge in [0.25, 0.3) is 0 Å². The molecule has 1 aromatic rings. The second-order valence-corrected chi connectivity index (χ2v) is 6.93. The molecule has 0 radical (unpaired) electrons. The minimum atomic E-state index is 0.800. The number of morpholine rings is 1. The average Bonchev–Trinajstić information content (AvgIpc) is 2.52. The molecule has 0 bridgehead atoms. The molecule has 3 rings (SSSR count). The molecule has 0 spiro atoms. The molecule has 0 amide bonds. The molecule has 0 aromatic heterocycles. The van der Waals surface area contributed by atoms with Gasteiger partial charge < -0.3 is 9.64 Å². The Labute approximate surface area is 139 Å². The zero-order valence-corrected chi connectivity index (χ0v) is 14.4. The molecule has 0 atom stereocenters. The van der Waals surface area contributed by atoms with Crippen LogP contribution in [0.1, 0.15) is 5.56 Å². The highest BCUT2D eigenvalue weighted by atomic mass is 79.9. The molecule has 0 saturated carbocycles. The standard InChI is InChI=1S/C15H21BrClN3O/c16-20-6-4-18(5-7-20)12-13-14(17)2-1-3-15(13)19-8-10-21-11-9-19/h1-3H,4-12H2. The van der Waals surface area contributed by atoms with Crippen LogP contribution in [-0.4, -0.2) is 61.3 Å². The monoisotopic (exact) mass is 373 g/mol. The first-order valence-corrected chi connectivity index (χ1v) is 8.56. The van der Waals surface area contributed by atoms with E-state index in [1.54, 1.807) is 0 Å². The molecule has 6 heteroatoms. The molecule has 21 heavy (non-hydrogen) atoms. The summed E-state index contributed by atoms with van der Waals surface area (Å²) in [5.74, 6) is 0. The molecule has 116 valence electrons. The second-order valence-electron chi connectivity index (χ2n) is 5.52. The molecule has 0 N–H and O–H groups in total. The van der Waals surface area contributed by atoms with Crippen LogP contribution in [0.2, 0.25) is 5.02 Å². The van der Waals surface area contributed by atoms with E-state index in [1.165, 1.54) is 11.3 Å². The van der Waals surface area contributed by atoms with E-state index in [4.69, 9.17) is 16.3 Å². The van der Waals surface area contributed by atoms with Crippen LogP contribution >= 0.6 is 27.7 Å². The predicted molar refractivity (Wildman–Crippen MR) is 90.3 cm³/mol. The van der Waals surface area contributed by atoms with Gasteiger partial charge in [0.1, 0.15) is 0 Å². The zero-order chi connectivity index (χ0) is 14.7. The van der Waals surface area contributed by atoms with Crippen molar-refractivity contribution in [1.82, 2.24) is 8.83 Å². The number of benzene rings is 1. The number of rotatable bonds is 3. The van der Waals surface area contributed by atoms with Gasteiger partial charge in [-0.15, -0.1) is 0 Å². The van der Waals surface area contributed by atoms with Gasteiger partial charge in [0.2, 0.25) is 0 Å². The molecule has 2 saturated heterocycles. The highest BCUT2D eigenvalue weighted by Crippen LogP contribution is 2.30. The van der Waals surface area contributed by atoms with Gasteiger partial charge in [0, 0.05) is 78.2 Å². The zero-order valence-electron chi connectivity index (χ0n) is 12.1. The first kappa shape index (κ1) is 15.6. The van der Waals surface area contributed by atoms with Crippen LogP contribution in [0.15, 0.2) is 18.2 Å². The van der Waals surface area contributed by atoms with Gasteiger partial charge in [-0.3, -0.25) is 4.90 Å².